The van der Waals surface area contributed by atoms with Crippen LogP contribution in [0.5, 0.6) is 5.75 Å². The van der Waals surface area contributed by atoms with Gasteiger partial charge in [-0.15, -0.1) is 0 Å². The summed E-state index contributed by atoms with van der Waals surface area (Å²) >= 11 is 0. The highest BCUT2D eigenvalue weighted by atomic mass is 16.5. The molecule has 0 saturated carbocycles. The van der Waals surface area contributed by atoms with Gasteiger partial charge in [0, 0.05) is 25.7 Å². The number of benzene rings is 1. The van der Waals surface area contributed by atoms with Crippen molar-refractivity contribution in [3.63, 3.8) is 0 Å². The number of ether oxygens (including phenoxy) is 1. The highest BCUT2D eigenvalue weighted by Crippen LogP contribution is 2.23. The first kappa shape index (κ1) is 20.3. The van der Waals surface area contributed by atoms with E-state index in [1.54, 1.807) is 20.2 Å². The SMILES string of the molecule is COc1ccc(-c2cc(CNC(=O)C[N+]3=CN=C4C3C(=O)N(C)C(=O)N4C)no2)cc1. The van der Waals surface area contributed by atoms with Crippen LogP contribution >= 0.6 is 0 Å². The number of urea groups is 1. The van der Waals surface area contributed by atoms with E-state index < -0.39 is 18.0 Å². The van der Waals surface area contributed by atoms with Gasteiger partial charge in [-0.25, -0.2) is 9.37 Å². The van der Waals surface area contributed by atoms with Gasteiger partial charge in [-0.1, -0.05) is 5.16 Å². The topological polar surface area (TPSA) is 120 Å². The maximum absolute atomic E-state index is 12.5. The summed E-state index contributed by atoms with van der Waals surface area (Å²) in [5.74, 6) is 0.864. The fourth-order valence-electron chi connectivity index (χ4n) is 3.37. The maximum Gasteiger partial charge on any atom is 0.333 e. The predicted octanol–water partition coefficient (Wildman–Crippen LogP) is 0.312. The molecular formula is C20H21N6O5+. The minimum absolute atomic E-state index is 0.0948. The lowest BCUT2D eigenvalue weighted by Gasteiger charge is -2.30. The summed E-state index contributed by atoms with van der Waals surface area (Å²) in [5, 5.41) is 6.73. The zero-order valence-electron chi connectivity index (χ0n) is 17.2. The summed E-state index contributed by atoms with van der Waals surface area (Å²) in [4.78, 5) is 43.4. The molecular weight excluding hydrogens is 404 g/mol. The number of methoxy groups -OCH3 is 1. The Morgan fingerprint density at radius 3 is 2.68 bits per heavy atom. The van der Waals surface area contributed by atoms with Gasteiger partial charge in [-0.05, 0) is 29.3 Å². The summed E-state index contributed by atoms with van der Waals surface area (Å²) in [5.41, 5.74) is 1.39. The van der Waals surface area contributed by atoms with E-state index in [0.29, 0.717) is 17.3 Å². The molecule has 3 heterocycles. The molecule has 1 aromatic carbocycles. The second-order valence-electron chi connectivity index (χ2n) is 7.10. The molecule has 31 heavy (non-hydrogen) atoms. The highest BCUT2D eigenvalue weighted by Gasteiger charge is 2.50. The number of carbonyl (C=O) groups excluding carboxylic acids is 3. The number of hydrogen-bond acceptors (Lipinski definition) is 7. The van der Waals surface area contributed by atoms with Gasteiger partial charge in [0.05, 0.1) is 13.7 Å². The molecule has 1 fully saturated rings. The van der Waals surface area contributed by atoms with Gasteiger partial charge in [-0.2, -0.15) is 0 Å². The Bertz CT molecular complexity index is 1100. The monoisotopic (exact) mass is 425 g/mol. The first-order valence-electron chi connectivity index (χ1n) is 9.48. The number of amides is 4. The third-order valence-electron chi connectivity index (χ3n) is 5.12. The van der Waals surface area contributed by atoms with Crippen LogP contribution in [-0.4, -0.2) is 83.3 Å². The van der Waals surface area contributed by atoms with Crippen molar-refractivity contribution in [3.8, 4) is 17.1 Å². The molecule has 1 aromatic heterocycles. The van der Waals surface area contributed by atoms with Crippen LogP contribution in [0.25, 0.3) is 11.3 Å². The van der Waals surface area contributed by atoms with Gasteiger partial charge < -0.3 is 14.6 Å². The largest absolute Gasteiger partial charge is 0.497 e. The molecule has 2 aromatic rings. The molecule has 1 atom stereocenters. The van der Waals surface area contributed by atoms with Crippen LogP contribution < -0.4 is 10.1 Å². The molecule has 160 valence electrons. The van der Waals surface area contributed by atoms with Gasteiger partial charge >= 0.3 is 6.03 Å². The van der Waals surface area contributed by atoms with Crippen molar-refractivity contribution in [2.75, 3.05) is 27.7 Å². The quantitative estimate of drug-likeness (QED) is 0.665. The van der Waals surface area contributed by atoms with Crippen LogP contribution in [0.3, 0.4) is 0 Å². The lowest BCUT2D eigenvalue weighted by Crippen LogP contribution is -2.62. The van der Waals surface area contributed by atoms with Gasteiger partial charge in [0.2, 0.25) is 0 Å². The van der Waals surface area contributed by atoms with Crippen molar-refractivity contribution >= 4 is 30.0 Å². The van der Waals surface area contributed by atoms with Gasteiger partial charge in [0.1, 0.15) is 11.4 Å². The minimum Gasteiger partial charge on any atom is -0.497 e. The molecule has 1 saturated heterocycles. The molecule has 4 amide bonds. The van der Waals surface area contributed by atoms with Crippen LogP contribution in [0.15, 0.2) is 39.8 Å². The molecule has 4 rings (SSSR count). The number of amidine groups is 1. The Morgan fingerprint density at radius 2 is 1.97 bits per heavy atom. The molecule has 0 spiro atoms. The Kier molecular flexibility index (Phi) is 5.24. The summed E-state index contributed by atoms with van der Waals surface area (Å²) in [6.45, 7) is 0.0689. The third-order valence-corrected chi connectivity index (χ3v) is 5.12. The fraction of sp³-hybridized carbons (Fsp3) is 0.300. The number of nitrogens with one attached hydrogen (secondary N) is 1. The van der Waals surface area contributed by atoms with Crippen molar-refractivity contribution in [2.24, 2.45) is 4.99 Å². The Morgan fingerprint density at radius 1 is 1.23 bits per heavy atom. The minimum atomic E-state index is -0.799. The first-order valence-corrected chi connectivity index (χ1v) is 9.48. The van der Waals surface area contributed by atoms with E-state index >= 15 is 0 Å². The number of hydrogen-bond donors (Lipinski definition) is 1. The summed E-state index contributed by atoms with van der Waals surface area (Å²) < 4.78 is 12.0. The average Bonchev–Trinajstić information content (AvgIpc) is 3.42. The van der Waals surface area contributed by atoms with Crippen molar-refractivity contribution in [1.29, 1.82) is 0 Å². The van der Waals surface area contributed by atoms with E-state index in [-0.39, 0.29) is 19.0 Å². The standard InChI is InChI=1S/C20H20N6O5/c1-24-18-17(19(28)25(2)20(24)29)26(11-22-18)10-16(27)21-9-13-8-15(31-23-13)12-4-6-14(30-3)7-5-12/h4-8,11,17H,9-10H2,1-3H3/p+1. The van der Waals surface area contributed by atoms with Crippen molar-refractivity contribution in [3.05, 3.63) is 36.0 Å². The van der Waals surface area contributed by atoms with Crippen molar-refractivity contribution in [1.82, 2.24) is 20.3 Å². The van der Waals surface area contributed by atoms with Crippen molar-refractivity contribution < 1.29 is 28.2 Å². The molecule has 2 aliphatic rings. The molecule has 0 aliphatic carbocycles. The molecule has 11 nitrogen and oxygen atoms in total. The molecule has 1 N–H and O–H groups in total. The second kappa shape index (κ2) is 8.01. The normalized spacial score (nSPS) is 18.0. The van der Waals surface area contributed by atoms with E-state index in [1.807, 2.05) is 24.3 Å². The van der Waals surface area contributed by atoms with Gasteiger partial charge in [0.15, 0.2) is 12.3 Å². The third kappa shape index (κ3) is 3.77. The number of carbonyl (C=O) groups is 3. The number of aliphatic imine (C=N–C) groups is 1. The van der Waals surface area contributed by atoms with E-state index in [4.69, 9.17) is 9.26 Å². The van der Waals surface area contributed by atoms with Crippen molar-refractivity contribution in [2.45, 2.75) is 12.6 Å². The molecule has 0 bridgehead atoms. The summed E-state index contributed by atoms with van der Waals surface area (Å²) in [6, 6.07) is 7.82. The number of fused-ring (bicyclic) bond motifs is 1. The maximum atomic E-state index is 12.5. The summed E-state index contributed by atoms with van der Waals surface area (Å²) in [6.07, 6.45) is 1.40. The van der Waals surface area contributed by atoms with Crippen LogP contribution in [0.1, 0.15) is 5.69 Å². The van der Waals surface area contributed by atoms with E-state index in [0.717, 1.165) is 16.2 Å². The smallest absolute Gasteiger partial charge is 0.333 e. The van der Waals surface area contributed by atoms with Crippen LogP contribution in [-0.2, 0) is 16.1 Å². The Hall–Kier alpha value is -4.02. The number of likely N-dealkylation sites (N-methyl/N-ethyl adjacent to an activating group) is 2. The van der Waals surface area contributed by atoms with Crippen LogP contribution in [0.2, 0.25) is 0 Å². The Labute approximate surface area is 177 Å². The van der Waals surface area contributed by atoms with E-state index in [2.05, 4.69) is 15.5 Å². The van der Waals surface area contributed by atoms with Crippen LogP contribution in [0, 0.1) is 0 Å². The number of rotatable bonds is 6. The zero-order valence-corrected chi connectivity index (χ0v) is 17.2. The lowest BCUT2D eigenvalue weighted by molar-refractivity contribution is -0.519. The second-order valence-corrected chi connectivity index (χ2v) is 7.10. The Balaban J connectivity index is 1.35. The number of nitrogens with zero attached hydrogens (tertiary/aromatic N) is 5. The van der Waals surface area contributed by atoms with Crippen LogP contribution in [0.4, 0.5) is 4.79 Å². The highest BCUT2D eigenvalue weighted by molar-refractivity contribution is 6.21. The average molecular weight is 425 g/mol. The first-order chi connectivity index (χ1) is 14.9. The number of aromatic nitrogens is 1. The zero-order chi connectivity index (χ0) is 22.1. The van der Waals surface area contributed by atoms with E-state index in [1.165, 1.54) is 22.9 Å². The predicted molar refractivity (Wildman–Crippen MR) is 109 cm³/mol. The molecule has 11 heteroatoms. The van der Waals surface area contributed by atoms with Gasteiger partial charge in [0.25, 0.3) is 30.0 Å². The summed E-state index contributed by atoms with van der Waals surface area (Å²) in [7, 11) is 4.54. The number of imide groups is 1. The van der Waals surface area contributed by atoms with Gasteiger partial charge in [-0.3, -0.25) is 19.4 Å². The fourth-order valence-corrected chi connectivity index (χ4v) is 3.37. The van der Waals surface area contributed by atoms with E-state index in [9.17, 15) is 14.4 Å². The molecule has 0 radical (unpaired) electrons. The lowest BCUT2D eigenvalue weighted by atomic mass is 10.1. The molecule has 1 unspecified atom stereocenters. The molecule has 2 aliphatic heterocycles.